The van der Waals surface area contributed by atoms with Gasteiger partial charge in [-0.25, -0.2) is 0 Å². The van der Waals surface area contributed by atoms with Crippen LogP contribution < -0.4 is 5.32 Å². The maximum absolute atomic E-state index is 12.3. The SMILES string of the molecule is CCOCCN(CC)C1CCCC(NC)(C(=O)OCC)C1. The average Bonchev–Trinajstić information content (AvgIpc) is 2.52. The van der Waals surface area contributed by atoms with Gasteiger partial charge in [-0.05, 0) is 53.1 Å². The number of carbonyl (C=O) groups excluding carboxylic acids is 1. The molecule has 0 spiro atoms. The summed E-state index contributed by atoms with van der Waals surface area (Å²) < 4.78 is 10.8. The van der Waals surface area contributed by atoms with Crippen LogP contribution in [0, 0.1) is 0 Å². The molecule has 0 heterocycles. The van der Waals surface area contributed by atoms with Crippen LogP contribution in [0.3, 0.4) is 0 Å². The summed E-state index contributed by atoms with van der Waals surface area (Å²) in [4.78, 5) is 14.8. The second-order valence-electron chi connectivity index (χ2n) is 5.63. The molecule has 0 amide bonds. The summed E-state index contributed by atoms with van der Waals surface area (Å²) in [6, 6.07) is 0.418. The lowest BCUT2D eigenvalue weighted by Crippen LogP contribution is -2.58. The number of hydrogen-bond donors (Lipinski definition) is 1. The van der Waals surface area contributed by atoms with Gasteiger partial charge < -0.3 is 14.8 Å². The number of nitrogens with one attached hydrogen (secondary N) is 1. The lowest BCUT2D eigenvalue weighted by molar-refractivity contribution is -0.153. The highest BCUT2D eigenvalue weighted by Gasteiger charge is 2.43. The van der Waals surface area contributed by atoms with E-state index < -0.39 is 5.54 Å². The molecule has 1 rings (SSSR count). The Kier molecular flexibility index (Phi) is 8.22. The molecule has 0 aromatic carbocycles. The fourth-order valence-corrected chi connectivity index (χ4v) is 3.27. The molecule has 1 fully saturated rings. The summed E-state index contributed by atoms with van der Waals surface area (Å²) in [7, 11) is 1.87. The number of nitrogens with zero attached hydrogens (tertiary/aromatic N) is 1. The first-order chi connectivity index (χ1) is 10.1. The van der Waals surface area contributed by atoms with Crippen LogP contribution in [-0.2, 0) is 14.3 Å². The van der Waals surface area contributed by atoms with E-state index in [1.807, 2.05) is 20.9 Å². The van der Waals surface area contributed by atoms with Gasteiger partial charge in [0.15, 0.2) is 0 Å². The van der Waals surface area contributed by atoms with Crippen LogP contribution in [0.4, 0.5) is 0 Å². The summed E-state index contributed by atoms with van der Waals surface area (Å²) in [6.07, 6.45) is 3.88. The van der Waals surface area contributed by atoms with E-state index in [1.165, 1.54) is 0 Å². The molecule has 1 aliphatic carbocycles. The Labute approximate surface area is 129 Å². The summed E-state index contributed by atoms with van der Waals surface area (Å²) in [5.41, 5.74) is -0.516. The standard InChI is InChI=1S/C16H32N2O3/c1-5-18(11-12-20-6-2)14-9-8-10-16(13-14,17-4)15(19)21-7-3/h14,17H,5-13H2,1-4H3. The molecule has 0 aromatic heterocycles. The van der Waals surface area contributed by atoms with Crippen molar-refractivity contribution >= 4 is 5.97 Å². The highest BCUT2D eigenvalue weighted by Crippen LogP contribution is 2.32. The number of likely N-dealkylation sites (N-methyl/N-ethyl adjacent to an activating group) is 2. The van der Waals surface area contributed by atoms with Crippen molar-refractivity contribution in [3.63, 3.8) is 0 Å². The van der Waals surface area contributed by atoms with Gasteiger partial charge in [0.2, 0.25) is 0 Å². The third-order valence-corrected chi connectivity index (χ3v) is 4.52. The van der Waals surface area contributed by atoms with E-state index in [9.17, 15) is 4.79 Å². The van der Waals surface area contributed by atoms with Crippen molar-refractivity contribution in [2.75, 3.05) is 40.0 Å². The van der Waals surface area contributed by atoms with Gasteiger partial charge in [0.25, 0.3) is 0 Å². The van der Waals surface area contributed by atoms with Gasteiger partial charge in [0.1, 0.15) is 5.54 Å². The van der Waals surface area contributed by atoms with Crippen molar-refractivity contribution in [3.05, 3.63) is 0 Å². The summed E-state index contributed by atoms with van der Waals surface area (Å²) in [6.45, 7) is 9.92. The molecule has 0 aliphatic heterocycles. The lowest BCUT2D eigenvalue weighted by Gasteiger charge is -2.42. The molecular formula is C16H32N2O3. The maximum atomic E-state index is 12.3. The fraction of sp³-hybridized carbons (Fsp3) is 0.938. The van der Waals surface area contributed by atoms with Crippen LogP contribution >= 0.6 is 0 Å². The molecule has 124 valence electrons. The van der Waals surface area contributed by atoms with Gasteiger partial charge in [0.05, 0.1) is 13.2 Å². The molecule has 1 saturated carbocycles. The Morgan fingerprint density at radius 1 is 1.33 bits per heavy atom. The topological polar surface area (TPSA) is 50.8 Å². The highest BCUT2D eigenvalue weighted by molar-refractivity contribution is 5.81. The molecule has 1 N–H and O–H groups in total. The van der Waals surface area contributed by atoms with E-state index in [0.29, 0.717) is 12.6 Å². The van der Waals surface area contributed by atoms with Crippen LogP contribution in [0.15, 0.2) is 0 Å². The minimum Gasteiger partial charge on any atom is -0.465 e. The molecular weight excluding hydrogens is 268 g/mol. The zero-order chi connectivity index (χ0) is 15.7. The lowest BCUT2D eigenvalue weighted by atomic mass is 9.78. The normalized spacial score (nSPS) is 26.0. The van der Waals surface area contributed by atoms with Gasteiger partial charge in [-0.15, -0.1) is 0 Å². The van der Waals surface area contributed by atoms with Crippen LogP contribution in [0.1, 0.15) is 46.5 Å². The maximum Gasteiger partial charge on any atom is 0.326 e. The fourth-order valence-electron chi connectivity index (χ4n) is 3.27. The first-order valence-corrected chi connectivity index (χ1v) is 8.31. The smallest absolute Gasteiger partial charge is 0.326 e. The zero-order valence-electron chi connectivity index (χ0n) is 14.1. The second-order valence-corrected chi connectivity index (χ2v) is 5.63. The molecule has 0 aromatic rings. The van der Waals surface area contributed by atoms with E-state index in [-0.39, 0.29) is 5.97 Å². The first kappa shape index (κ1) is 18.4. The molecule has 2 atom stereocenters. The molecule has 0 bridgehead atoms. The van der Waals surface area contributed by atoms with Crippen LogP contribution in [-0.4, -0.2) is 62.4 Å². The summed E-state index contributed by atoms with van der Waals surface area (Å²) >= 11 is 0. The van der Waals surface area contributed by atoms with Gasteiger partial charge in [0, 0.05) is 19.2 Å². The third kappa shape index (κ3) is 4.94. The van der Waals surface area contributed by atoms with Crippen molar-refractivity contribution < 1.29 is 14.3 Å². The van der Waals surface area contributed by atoms with E-state index in [4.69, 9.17) is 9.47 Å². The van der Waals surface area contributed by atoms with Crippen LogP contribution in [0.25, 0.3) is 0 Å². The zero-order valence-corrected chi connectivity index (χ0v) is 14.1. The number of esters is 1. The monoisotopic (exact) mass is 300 g/mol. The van der Waals surface area contributed by atoms with Crippen molar-refractivity contribution in [2.45, 2.75) is 58.0 Å². The van der Waals surface area contributed by atoms with Crippen molar-refractivity contribution in [1.29, 1.82) is 0 Å². The predicted molar refractivity (Wildman–Crippen MR) is 84.4 cm³/mol. The van der Waals surface area contributed by atoms with E-state index in [2.05, 4.69) is 17.1 Å². The van der Waals surface area contributed by atoms with E-state index in [1.54, 1.807) is 0 Å². The van der Waals surface area contributed by atoms with Gasteiger partial charge in [-0.1, -0.05) is 6.92 Å². The molecule has 21 heavy (non-hydrogen) atoms. The Balaban J connectivity index is 2.69. The average molecular weight is 300 g/mol. The van der Waals surface area contributed by atoms with E-state index >= 15 is 0 Å². The van der Waals surface area contributed by atoms with Crippen molar-refractivity contribution in [3.8, 4) is 0 Å². The van der Waals surface area contributed by atoms with Crippen molar-refractivity contribution in [2.24, 2.45) is 0 Å². The minimum atomic E-state index is -0.516. The molecule has 5 heteroatoms. The molecule has 0 radical (unpaired) electrons. The second kappa shape index (κ2) is 9.38. The van der Waals surface area contributed by atoms with Crippen LogP contribution in [0.5, 0.6) is 0 Å². The Hall–Kier alpha value is -0.650. The Bertz CT molecular complexity index is 312. The van der Waals surface area contributed by atoms with Gasteiger partial charge >= 0.3 is 5.97 Å². The molecule has 1 aliphatic rings. The number of rotatable bonds is 9. The molecule has 2 unspecified atom stereocenters. The summed E-state index contributed by atoms with van der Waals surface area (Å²) in [5.74, 6) is -0.0990. The number of carbonyl (C=O) groups is 1. The summed E-state index contributed by atoms with van der Waals surface area (Å²) in [5, 5.41) is 3.25. The van der Waals surface area contributed by atoms with E-state index in [0.717, 1.165) is 52.0 Å². The minimum absolute atomic E-state index is 0.0990. The van der Waals surface area contributed by atoms with Gasteiger partial charge in [-0.2, -0.15) is 0 Å². The Morgan fingerprint density at radius 3 is 2.67 bits per heavy atom. The largest absolute Gasteiger partial charge is 0.465 e. The van der Waals surface area contributed by atoms with Gasteiger partial charge in [-0.3, -0.25) is 9.69 Å². The number of hydrogen-bond acceptors (Lipinski definition) is 5. The third-order valence-electron chi connectivity index (χ3n) is 4.52. The predicted octanol–water partition coefficient (Wildman–Crippen LogP) is 1.81. The highest BCUT2D eigenvalue weighted by atomic mass is 16.5. The quantitative estimate of drug-likeness (QED) is 0.520. The van der Waals surface area contributed by atoms with Crippen molar-refractivity contribution in [1.82, 2.24) is 10.2 Å². The number of ether oxygens (including phenoxy) is 2. The first-order valence-electron chi connectivity index (χ1n) is 8.31. The molecule has 5 nitrogen and oxygen atoms in total. The Morgan fingerprint density at radius 2 is 2.10 bits per heavy atom. The molecule has 0 saturated heterocycles. The van der Waals surface area contributed by atoms with Crippen LogP contribution in [0.2, 0.25) is 0 Å².